The van der Waals surface area contributed by atoms with Crippen LogP contribution in [-0.2, 0) is 30.4 Å². The van der Waals surface area contributed by atoms with Gasteiger partial charge in [-0.2, -0.15) is 11.8 Å². The number of aromatic hydroxyl groups is 1. The number of benzene rings is 1. The molecule has 0 aliphatic heterocycles. The standard InChI is InChI=1S/C21H30N4O8S/c1-11(22)18(29)23-14(7-8-34-2)19(30)24-15(10-17(27)28)20(31)25-16(21(32)33)9-12-3-5-13(26)6-4-12/h3-6,11,14-16,26H,7-10,22H2,1-2H3,(H,23,29)(H,24,30)(H,25,31)(H,27,28)(H,32,33). The highest BCUT2D eigenvalue weighted by atomic mass is 32.2. The number of carboxylic acids is 2. The van der Waals surface area contributed by atoms with Gasteiger partial charge in [-0.15, -0.1) is 0 Å². The molecule has 1 aromatic carbocycles. The summed E-state index contributed by atoms with van der Waals surface area (Å²) in [5, 5.41) is 35.0. The summed E-state index contributed by atoms with van der Waals surface area (Å²) in [4.78, 5) is 60.4. The molecule has 0 fully saturated rings. The van der Waals surface area contributed by atoms with Crippen LogP contribution in [0.4, 0.5) is 0 Å². The molecule has 0 saturated heterocycles. The molecule has 0 heterocycles. The van der Waals surface area contributed by atoms with E-state index in [4.69, 9.17) is 5.73 Å². The molecule has 12 nitrogen and oxygen atoms in total. The summed E-state index contributed by atoms with van der Waals surface area (Å²) in [7, 11) is 0. The maximum absolute atomic E-state index is 12.8. The summed E-state index contributed by atoms with van der Waals surface area (Å²) < 4.78 is 0. The van der Waals surface area contributed by atoms with E-state index in [1.165, 1.54) is 43.0 Å². The molecule has 0 radical (unpaired) electrons. The Morgan fingerprint density at radius 2 is 1.44 bits per heavy atom. The minimum atomic E-state index is -1.59. The maximum atomic E-state index is 12.8. The van der Waals surface area contributed by atoms with Crippen molar-refractivity contribution in [2.75, 3.05) is 12.0 Å². The Hall–Kier alpha value is -3.32. The first kappa shape index (κ1) is 28.7. The lowest BCUT2D eigenvalue weighted by atomic mass is 10.0. The Morgan fingerprint density at radius 3 is 1.94 bits per heavy atom. The Kier molecular flexibility index (Phi) is 11.9. The van der Waals surface area contributed by atoms with E-state index in [9.17, 15) is 39.3 Å². The second-order valence-corrected chi connectivity index (χ2v) is 8.55. The number of aliphatic carboxylic acids is 2. The number of amides is 3. The fourth-order valence-corrected chi connectivity index (χ4v) is 3.28. The van der Waals surface area contributed by atoms with Crippen LogP contribution in [-0.4, -0.2) is 81.2 Å². The zero-order valence-electron chi connectivity index (χ0n) is 18.8. The molecular weight excluding hydrogens is 468 g/mol. The van der Waals surface area contributed by atoms with Crippen molar-refractivity contribution in [3.8, 4) is 5.75 Å². The van der Waals surface area contributed by atoms with Gasteiger partial charge in [0.25, 0.3) is 0 Å². The van der Waals surface area contributed by atoms with Gasteiger partial charge in [0.2, 0.25) is 17.7 Å². The number of phenols is 1. The number of hydrogen-bond donors (Lipinski definition) is 7. The molecule has 0 aromatic heterocycles. The van der Waals surface area contributed by atoms with Crippen LogP contribution in [0.1, 0.15) is 25.3 Å². The monoisotopic (exact) mass is 498 g/mol. The summed E-state index contributed by atoms with van der Waals surface area (Å²) in [6, 6.07) is 0.701. The van der Waals surface area contributed by atoms with E-state index in [-0.39, 0.29) is 18.6 Å². The van der Waals surface area contributed by atoms with Crippen molar-refractivity contribution in [2.24, 2.45) is 5.73 Å². The van der Waals surface area contributed by atoms with Crippen LogP contribution in [0.25, 0.3) is 0 Å². The van der Waals surface area contributed by atoms with Crippen molar-refractivity contribution in [1.29, 1.82) is 0 Å². The van der Waals surface area contributed by atoms with Crippen molar-refractivity contribution in [2.45, 2.75) is 50.4 Å². The Bertz CT molecular complexity index is 878. The largest absolute Gasteiger partial charge is 0.508 e. The van der Waals surface area contributed by atoms with Crippen molar-refractivity contribution < 1.29 is 39.3 Å². The van der Waals surface area contributed by atoms with E-state index in [1.807, 2.05) is 0 Å². The highest BCUT2D eigenvalue weighted by Crippen LogP contribution is 2.12. The minimum absolute atomic E-state index is 0.0176. The topological polar surface area (TPSA) is 208 Å². The molecule has 0 aliphatic rings. The highest BCUT2D eigenvalue weighted by Gasteiger charge is 2.31. The molecule has 13 heteroatoms. The lowest BCUT2D eigenvalue weighted by molar-refractivity contribution is -0.143. The minimum Gasteiger partial charge on any atom is -0.508 e. The molecule has 1 rings (SSSR count). The molecule has 0 spiro atoms. The predicted molar refractivity (Wildman–Crippen MR) is 124 cm³/mol. The van der Waals surface area contributed by atoms with Crippen molar-refractivity contribution in [3.63, 3.8) is 0 Å². The van der Waals surface area contributed by atoms with Gasteiger partial charge in [0.05, 0.1) is 12.5 Å². The van der Waals surface area contributed by atoms with E-state index < -0.39 is 60.2 Å². The third kappa shape index (κ3) is 10.1. The van der Waals surface area contributed by atoms with Crippen LogP contribution in [0.2, 0.25) is 0 Å². The number of rotatable bonds is 14. The van der Waals surface area contributed by atoms with Gasteiger partial charge in [0.1, 0.15) is 23.9 Å². The van der Waals surface area contributed by atoms with Gasteiger partial charge in [-0.1, -0.05) is 12.1 Å². The molecule has 0 aliphatic carbocycles. The van der Waals surface area contributed by atoms with Gasteiger partial charge in [0, 0.05) is 6.42 Å². The molecule has 1 aromatic rings. The zero-order chi connectivity index (χ0) is 25.8. The van der Waals surface area contributed by atoms with Gasteiger partial charge in [-0.25, -0.2) is 4.79 Å². The number of nitrogens with one attached hydrogen (secondary N) is 3. The van der Waals surface area contributed by atoms with Gasteiger partial charge >= 0.3 is 11.9 Å². The van der Waals surface area contributed by atoms with E-state index in [0.29, 0.717) is 11.3 Å². The molecule has 0 saturated carbocycles. The van der Waals surface area contributed by atoms with Gasteiger partial charge in [-0.05, 0) is 43.0 Å². The second kappa shape index (κ2) is 14.1. The van der Waals surface area contributed by atoms with Gasteiger partial charge in [0.15, 0.2) is 0 Å². The first-order valence-corrected chi connectivity index (χ1v) is 11.7. The Labute approximate surface area is 200 Å². The van der Waals surface area contributed by atoms with Gasteiger partial charge in [-0.3, -0.25) is 19.2 Å². The first-order valence-electron chi connectivity index (χ1n) is 10.3. The van der Waals surface area contributed by atoms with E-state index in [2.05, 4.69) is 16.0 Å². The summed E-state index contributed by atoms with van der Waals surface area (Å²) in [6.07, 6.45) is 1.05. The van der Waals surface area contributed by atoms with Crippen LogP contribution in [0.3, 0.4) is 0 Å². The van der Waals surface area contributed by atoms with Crippen LogP contribution in [0.5, 0.6) is 5.75 Å². The quantitative estimate of drug-likeness (QED) is 0.167. The maximum Gasteiger partial charge on any atom is 0.326 e. The normalized spacial score (nSPS) is 14.2. The molecule has 4 atom stereocenters. The second-order valence-electron chi connectivity index (χ2n) is 7.56. The smallest absolute Gasteiger partial charge is 0.326 e. The number of carbonyl (C=O) groups excluding carboxylic acids is 3. The summed E-state index contributed by atoms with van der Waals surface area (Å²) in [5.41, 5.74) is 6.02. The third-order valence-electron chi connectivity index (χ3n) is 4.66. The van der Waals surface area contributed by atoms with Crippen LogP contribution in [0, 0.1) is 0 Å². The molecule has 4 unspecified atom stereocenters. The molecule has 0 bridgehead atoms. The first-order chi connectivity index (χ1) is 15.9. The van der Waals surface area contributed by atoms with Gasteiger partial charge < -0.3 is 37.0 Å². The fourth-order valence-electron chi connectivity index (χ4n) is 2.80. The molecular formula is C21H30N4O8S. The van der Waals surface area contributed by atoms with Crippen molar-refractivity contribution in [3.05, 3.63) is 29.8 Å². The Morgan fingerprint density at radius 1 is 0.912 bits per heavy atom. The van der Waals surface area contributed by atoms with Crippen LogP contribution >= 0.6 is 11.8 Å². The number of hydrogen-bond acceptors (Lipinski definition) is 8. The molecule has 188 valence electrons. The summed E-state index contributed by atoms with van der Waals surface area (Å²) >= 11 is 1.42. The summed E-state index contributed by atoms with van der Waals surface area (Å²) in [5.74, 6) is -4.70. The lowest BCUT2D eigenvalue weighted by Crippen LogP contribution is -2.57. The number of thioether (sulfide) groups is 1. The van der Waals surface area contributed by atoms with E-state index >= 15 is 0 Å². The Balaban J connectivity index is 2.98. The zero-order valence-corrected chi connectivity index (χ0v) is 19.6. The van der Waals surface area contributed by atoms with E-state index in [0.717, 1.165) is 0 Å². The third-order valence-corrected chi connectivity index (χ3v) is 5.30. The average Bonchev–Trinajstić information content (AvgIpc) is 2.76. The highest BCUT2D eigenvalue weighted by molar-refractivity contribution is 7.98. The SMILES string of the molecule is CSCCC(NC(=O)C(C)N)C(=O)NC(CC(=O)O)C(=O)NC(Cc1ccc(O)cc1)C(=O)O. The van der Waals surface area contributed by atoms with Crippen molar-refractivity contribution in [1.82, 2.24) is 16.0 Å². The number of carboxylic acid groups (broad SMARTS) is 2. The fraction of sp³-hybridized carbons (Fsp3) is 0.476. The average molecular weight is 499 g/mol. The predicted octanol–water partition coefficient (Wildman–Crippen LogP) is -0.951. The lowest BCUT2D eigenvalue weighted by Gasteiger charge is -2.24. The molecule has 3 amide bonds. The van der Waals surface area contributed by atoms with Crippen LogP contribution in [0.15, 0.2) is 24.3 Å². The number of carbonyl (C=O) groups is 5. The van der Waals surface area contributed by atoms with Crippen LogP contribution < -0.4 is 21.7 Å². The van der Waals surface area contributed by atoms with Crippen molar-refractivity contribution >= 4 is 41.4 Å². The summed E-state index contributed by atoms with van der Waals surface area (Å²) in [6.45, 7) is 1.43. The molecule has 34 heavy (non-hydrogen) atoms. The molecule has 8 N–H and O–H groups in total. The number of nitrogens with two attached hydrogens (primary N) is 1. The number of phenolic OH excluding ortho intramolecular Hbond substituents is 1. The van der Waals surface area contributed by atoms with E-state index in [1.54, 1.807) is 6.26 Å².